The van der Waals surface area contributed by atoms with Crippen molar-refractivity contribution >= 4 is 55.8 Å². The number of anilines is 1. The van der Waals surface area contributed by atoms with Crippen LogP contribution in [0.1, 0.15) is 5.56 Å². The lowest BCUT2D eigenvalue weighted by molar-refractivity contribution is -0.130. The normalized spacial score (nSPS) is 14.5. The number of fused-ring (bicyclic) bond motifs is 1. The molecule has 2 heterocycles. The topological polar surface area (TPSA) is 45.7 Å². The summed E-state index contributed by atoms with van der Waals surface area (Å²) in [5.41, 5.74) is 1.65. The van der Waals surface area contributed by atoms with Crippen molar-refractivity contribution in [1.82, 2.24) is 9.88 Å². The molecular formula is C20H19Cl2N3O2S. The number of methoxy groups -OCH3 is 1. The summed E-state index contributed by atoms with van der Waals surface area (Å²) < 4.78 is 6.33. The molecule has 1 aliphatic heterocycles. The van der Waals surface area contributed by atoms with E-state index >= 15 is 0 Å². The molecule has 28 heavy (non-hydrogen) atoms. The van der Waals surface area contributed by atoms with Crippen LogP contribution in [0.25, 0.3) is 10.2 Å². The Bertz CT molecular complexity index is 1020. The first-order valence-corrected chi connectivity index (χ1v) is 10.5. The molecule has 0 radical (unpaired) electrons. The molecule has 8 heteroatoms. The standard InChI is InChI=1S/C20H19Cl2N3O2S/c1-27-16-7-6-15(22)19-18(16)23-20(28-19)25-10-8-24(9-11-25)17(26)12-13-4-2-3-5-14(13)21/h2-7H,8-12H2,1H3. The molecule has 1 amide bonds. The molecule has 0 unspecified atom stereocenters. The molecule has 0 spiro atoms. The third-order valence-electron chi connectivity index (χ3n) is 4.87. The minimum Gasteiger partial charge on any atom is -0.494 e. The number of aromatic nitrogens is 1. The number of carbonyl (C=O) groups excluding carboxylic acids is 1. The number of hydrogen-bond acceptors (Lipinski definition) is 5. The van der Waals surface area contributed by atoms with Crippen LogP contribution in [0.2, 0.25) is 10.0 Å². The summed E-state index contributed by atoms with van der Waals surface area (Å²) in [5, 5.41) is 2.21. The Morgan fingerprint density at radius 2 is 1.86 bits per heavy atom. The number of hydrogen-bond donors (Lipinski definition) is 0. The van der Waals surface area contributed by atoms with Gasteiger partial charge in [-0.05, 0) is 23.8 Å². The van der Waals surface area contributed by atoms with Gasteiger partial charge in [0.2, 0.25) is 5.91 Å². The second-order valence-electron chi connectivity index (χ2n) is 6.56. The molecule has 0 aliphatic carbocycles. The van der Waals surface area contributed by atoms with E-state index in [4.69, 9.17) is 32.9 Å². The highest BCUT2D eigenvalue weighted by atomic mass is 35.5. The molecule has 0 bridgehead atoms. The van der Waals surface area contributed by atoms with Crippen molar-refractivity contribution in [2.75, 3.05) is 38.2 Å². The van der Waals surface area contributed by atoms with Gasteiger partial charge in [0.05, 0.1) is 23.3 Å². The number of piperazine rings is 1. The number of ether oxygens (including phenoxy) is 1. The highest BCUT2D eigenvalue weighted by Gasteiger charge is 2.24. The number of nitrogens with zero attached hydrogens (tertiary/aromatic N) is 3. The van der Waals surface area contributed by atoms with Crippen molar-refractivity contribution in [3.05, 3.63) is 52.0 Å². The van der Waals surface area contributed by atoms with Gasteiger partial charge in [0.25, 0.3) is 0 Å². The lowest BCUT2D eigenvalue weighted by Gasteiger charge is -2.34. The van der Waals surface area contributed by atoms with Crippen molar-refractivity contribution in [3.8, 4) is 5.75 Å². The molecule has 146 valence electrons. The zero-order valence-electron chi connectivity index (χ0n) is 15.3. The van der Waals surface area contributed by atoms with Gasteiger partial charge in [-0.1, -0.05) is 52.7 Å². The average molecular weight is 436 g/mol. The zero-order valence-corrected chi connectivity index (χ0v) is 17.7. The van der Waals surface area contributed by atoms with Gasteiger partial charge in [-0.15, -0.1) is 0 Å². The van der Waals surface area contributed by atoms with Crippen molar-refractivity contribution in [2.24, 2.45) is 0 Å². The van der Waals surface area contributed by atoms with Gasteiger partial charge in [-0.3, -0.25) is 4.79 Å². The molecule has 0 atom stereocenters. The predicted octanol–water partition coefficient (Wildman–Crippen LogP) is 4.50. The second-order valence-corrected chi connectivity index (χ2v) is 8.35. The Morgan fingerprint density at radius 3 is 2.57 bits per heavy atom. The number of thiazole rings is 1. The van der Waals surface area contributed by atoms with E-state index in [-0.39, 0.29) is 5.91 Å². The Morgan fingerprint density at radius 1 is 1.11 bits per heavy atom. The molecule has 4 rings (SSSR count). The molecule has 1 fully saturated rings. The van der Waals surface area contributed by atoms with Gasteiger partial charge in [0, 0.05) is 31.2 Å². The van der Waals surface area contributed by atoms with E-state index in [1.807, 2.05) is 41.3 Å². The first-order chi connectivity index (χ1) is 13.6. The number of benzene rings is 2. The number of rotatable bonds is 4. The summed E-state index contributed by atoms with van der Waals surface area (Å²) in [7, 11) is 1.63. The van der Waals surface area contributed by atoms with Gasteiger partial charge in [0.1, 0.15) is 11.3 Å². The van der Waals surface area contributed by atoms with E-state index in [0.717, 1.165) is 39.8 Å². The molecule has 3 aromatic rings. The fraction of sp³-hybridized carbons (Fsp3) is 0.300. The highest BCUT2D eigenvalue weighted by Crippen LogP contribution is 2.38. The summed E-state index contributed by atoms with van der Waals surface area (Å²) in [6.07, 6.45) is 0.327. The van der Waals surface area contributed by atoms with Crippen LogP contribution in [-0.4, -0.2) is 49.1 Å². The maximum Gasteiger partial charge on any atom is 0.227 e. The zero-order chi connectivity index (χ0) is 19.7. The minimum atomic E-state index is 0.0989. The van der Waals surface area contributed by atoms with Crippen molar-refractivity contribution in [1.29, 1.82) is 0 Å². The Kier molecular flexibility index (Phi) is 5.62. The van der Waals surface area contributed by atoms with Crippen LogP contribution in [0.3, 0.4) is 0 Å². The van der Waals surface area contributed by atoms with Crippen molar-refractivity contribution < 1.29 is 9.53 Å². The van der Waals surface area contributed by atoms with Crippen LogP contribution >= 0.6 is 34.5 Å². The molecule has 1 aliphatic rings. The number of amides is 1. The summed E-state index contributed by atoms with van der Waals surface area (Å²) in [4.78, 5) is 21.4. The van der Waals surface area contributed by atoms with Crippen LogP contribution in [0.4, 0.5) is 5.13 Å². The molecule has 5 nitrogen and oxygen atoms in total. The summed E-state index contributed by atoms with van der Waals surface area (Å²) >= 11 is 14.1. The fourth-order valence-corrected chi connectivity index (χ4v) is 4.82. The molecular weight excluding hydrogens is 417 g/mol. The monoisotopic (exact) mass is 435 g/mol. The van der Waals surface area contributed by atoms with Crippen LogP contribution in [0, 0.1) is 0 Å². The SMILES string of the molecule is COc1ccc(Cl)c2sc(N3CCN(C(=O)Cc4ccccc4Cl)CC3)nc12. The molecule has 1 saturated heterocycles. The van der Waals surface area contributed by atoms with E-state index in [1.165, 1.54) is 0 Å². The molecule has 0 saturated carbocycles. The van der Waals surface area contributed by atoms with Crippen LogP contribution < -0.4 is 9.64 Å². The maximum atomic E-state index is 12.6. The largest absolute Gasteiger partial charge is 0.494 e. The summed E-state index contributed by atoms with van der Waals surface area (Å²) in [6, 6.07) is 11.1. The van der Waals surface area contributed by atoms with Crippen LogP contribution in [-0.2, 0) is 11.2 Å². The van der Waals surface area contributed by atoms with Crippen LogP contribution in [0.5, 0.6) is 5.75 Å². The van der Waals surface area contributed by atoms with Gasteiger partial charge in [-0.2, -0.15) is 0 Å². The van der Waals surface area contributed by atoms with Crippen LogP contribution in [0.15, 0.2) is 36.4 Å². The van der Waals surface area contributed by atoms with Gasteiger partial charge in [0.15, 0.2) is 5.13 Å². The van der Waals surface area contributed by atoms with Gasteiger partial charge >= 0.3 is 0 Å². The first-order valence-electron chi connectivity index (χ1n) is 8.96. The highest BCUT2D eigenvalue weighted by molar-refractivity contribution is 7.22. The molecule has 0 N–H and O–H groups in total. The minimum absolute atomic E-state index is 0.0989. The van der Waals surface area contributed by atoms with Crippen molar-refractivity contribution in [2.45, 2.75) is 6.42 Å². The molecule has 2 aromatic carbocycles. The average Bonchev–Trinajstić information content (AvgIpc) is 3.16. The lowest BCUT2D eigenvalue weighted by Crippen LogP contribution is -2.49. The van der Waals surface area contributed by atoms with E-state index in [9.17, 15) is 4.79 Å². The third-order valence-corrected chi connectivity index (χ3v) is 6.81. The van der Waals surface area contributed by atoms with E-state index in [2.05, 4.69) is 4.90 Å². The number of carbonyl (C=O) groups is 1. The maximum absolute atomic E-state index is 12.6. The van der Waals surface area contributed by atoms with E-state index in [0.29, 0.717) is 29.6 Å². The fourth-order valence-electron chi connectivity index (χ4n) is 3.30. The lowest BCUT2D eigenvalue weighted by atomic mass is 10.1. The Labute approximate surface area is 177 Å². The predicted molar refractivity (Wildman–Crippen MR) is 115 cm³/mol. The van der Waals surface area contributed by atoms with E-state index in [1.54, 1.807) is 18.4 Å². The second kappa shape index (κ2) is 8.15. The Balaban J connectivity index is 1.44. The van der Waals surface area contributed by atoms with E-state index < -0.39 is 0 Å². The number of halogens is 2. The molecule has 1 aromatic heterocycles. The summed E-state index contributed by atoms with van der Waals surface area (Å²) in [6.45, 7) is 2.77. The van der Waals surface area contributed by atoms with Gasteiger partial charge in [-0.25, -0.2) is 4.98 Å². The first kappa shape index (κ1) is 19.3. The quantitative estimate of drug-likeness (QED) is 0.604. The summed E-state index contributed by atoms with van der Waals surface area (Å²) in [5.74, 6) is 0.817. The van der Waals surface area contributed by atoms with Gasteiger partial charge < -0.3 is 14.5 Å². The smallest absolute Gasteiger partial charge is 0.227 e. The third kappa shape index (κ3) is 3.77. The Hall–Kier alpha value is -2.02. The van der Waals surface area contributed by atoms with Crippen molar-refractivity contribution in [3.63, 3.8) is 0 Å².